The smallest absolute Gasteiger partial charge is 0.374 e. The maximum Gasteiger partial charge on any atom is 0.374 e. The van der Waals surface area contributed by atoms with Crippen LogP contribution in [0.5, 0.6) is 5.75 Å². The highest BCUT2D eigenvalue weighted by Gasteiger charge is 2.14. The minimum absolute atomic E-state index is 0.189. The number of aromatic carboxylic acids is 1. The Hall–Kier alpha value is -2.30. The maximum absolute atomic E-state index is 10.7. The van der Waals surface area contributed by atoms with Crippen LogP contribution in [0.4, 0.5) is 0 Å². The van der Waals surface area contributed by atoms with Crippen molar-refractivity contribution in [3.63, 3.8) is 0 Å². The van der Waals surface area contributed by atoms with Crippen LogP contribution in [0.1, 0.15) is 17.5 Å². The molecule has 0 atom stereocenters. The van der Waals surface area contributed by atoms with E-state index in [1.807, 2.05) is 19.1 Å². The van der Waals surface area contributed by atoms with Crippen molar-refractivity contribution in [1.29, 1.82) is 0 Å². The lowest BCUT2D eigenvalue weighted by Crippen LogP contribution is -1.94. The average molecular weight is 233 g/mol. The number of para-hydroxylation sites is 1. The second kappa shape index (κ2) is 4.69. The van der Waals surface area contributed by atoms with Gasteiger partial charge in [0.05, 0.1) is 6.61 Å². The van der Waals surface area contributed by atoms with Crippen molar-refractivity contribution < 1.29 is 19.2 Å². The molecule has 5 heteroatoms. The topological polar surface area (TPSA) is 72.6 Å². The Morgan fingerprint density at radius 2 is 2.24 bits per heavy atom. The number of ether oxygens (including phenoxy) is 1. The Balaban J connectivity index is 2.41. The van der Waals surface area contributed by atoms with E-state index in [1.54, 1.807) is 12.1 Å². The van der Waals surface area contributed by atoms with E-state index in [0.717, 1.165) is 0 Å². The Morgan fingerprint density at radius 1 is 1.47 bits per heavy atom. The first-order chi connectivity index (χ1) is 8.22. The van der Waals surface area contributed by atoms with Gasteiger partial charge in [-0.25, -0.2) is 4.79 Å². The molecule has 0 saturated carbocycles. The van der Waals surface area contributed by atoms with Gasteiger partial charge in [-0.15, -0.1) is 0 Å². The Morgan fingerprint density at radius 3 is 2.88 bits per heavy atom. The highest BCUT2D eigenvalue weighted by atomic mass is 16.5. The molecule has 0 aliphatic rings. The summed E-state index contributed by atoms with van der Waals surface area (Å²) in [7, 11) is 0. The monoisotopic (exact) mass is 233 g/mol. The summed E-state index contributed by atoms with van der Waals surface area (Å²) in [5.41, 5.74) is 1.16. The molecule has 5 nitrogen and oxygen atoms in total. The summed E-state index contributed by atoms with van der Waals surface area (Å²) in [6, 6.07) is 8.64. The van der Waals surface area contributed by atoms with Crippen LogP contribution < -0.4 is 4.74 Å². The third kappa shape index (κ3) is 2.28. The third-order valence-corrected chi connectivity index (χ3v) is 2.18. The highest BCUT2D eigenvalue weighted by molar-refractivity contribution is 5.86. The van der Waals surface area contributed by atoms with Crippen LogP contribution in [0.25, 0.3) is 11.3 Å². The molecule has 1 heterocycles. The van der Waals surface area contributed by atoms with Crippen molar-refractivity contribution >= 4 is 5.97 Å². The number of carboxylic acid groups (broad SMARTS) is 1. The van der Waals surface area contributed by atoms with Crippen LogP contribution in [-0.4, -0.2) is 22.8 Å². The van der Waals surface area contributed by atoms with E-state index >= 15 is 0 Å². The molecule has 0 aliphatic heterocycles. The molecule has 88 valence electrons. The van der Waals surface area contributed by atoms with Crippen LogP contribution in [0, 0.1) is 0 Å². The normalized spacial score (nSPS) is 10.2. The molecule has 0 spiro atoms. The molecule has 0 radical (unpaired) electrons. The van der Waals surface area contributed by atoms with Crippen LogP contribution in [-0.2, 0) is 0 Å². The van der Waals surface area contributed by atoms with Crippen molar-refractivity contribution in [2.24, 2.45) is 0 Å². The fourth-order valence-electron chi connectivity index (χ4n) is 1.46. The molecule has 0 fully saturated rings. The molecule has 0 bridgehead atoms. The van der Waals surface area contributed by atoms with Gasteiger partial charge in [0, 0.05) is 11.6 Å². The quantitative estimate of drug-likeness (QED) is 0.877. The van der Waals surface area contributed by atoms with Gasteiger partial charge >= 0.3 is 5.97 Å². The van der Waals surface area contributed by atoms with E-state index in [9.17, 15) is 4.79 Å². The van der Waals surface area contributed by atoms with E-state index in [-0.39, 0.29) is 5.76 Å². The molecule has 1 aromatic carbocycles. The minimum Gasteiger partial charge on any atom is -0.493 e. The van der Waals surface area contributed by atoms with E-state index in [0.29, 0.717) is 23.6 Å². The summed E-state index contributed by atoms with van der Waals surface area (Å²) >= 11 is 0. The molecule has 0 amide bonds. The number of carboxylic acids is 1. The van der Waals surface area contributed by atoms with Gasteiger partial charge in [-0.2, -0.15) is 0 Å². The van der Waals surface area contributed by atoms with E-state index in [2.05, 4.69) is 5.16 Å². The van der Waals surface area contributed by atoms with Gasteiger partial charge in [0.25, 0.3) is 0 Å². The first kappa shape index (κ1) is 11.2. The van der Waals surface area contributed by atoms with Gasteiger partial charge in [0.2, 0.25) is 5.76 Å². The number of nitrogens with zero attached hydrogens (tertiary/aromatic N) is 1. The zero-order valence-electron chi connectivity index (χ0n) is 9.21. The molecule has 17 heavy (non-hydrogen) atoms. The number of carbonyl (C=O) groups is 1. The molecular formula is C12H11NO4. The van der Waals surface area contributed by atoms with Crippen LogP contribution >= 0.6 is 0 Å². The molecule has 2 aromatic rings. The molecule has 1 N–H and O–H groups in total. The zero-order chi connectivity index (χ0) is 12.3. The van der Waals surface area contributed by atoms with E-state index < -0.39 is 5.97 Å². The van der Waals surface area contributed by atoms with Crippen LogP contribution in [0.15, 0.2) is 34.9 Å². The number of hydrogen-bond acceptors (Lipinski definition) is 4. The van der Waals surface area contributed by atoms with Crippen molar-refractivity contribution in [1.82, 2.24) is 5.16 Å². The minimum atomic E-state index is -1.14. The summed E-state index contributed by atoms with van der Waals surface area (Å²) in [6.45, 7) is 2.41. The summed E-state index contributed by atoms with van der Waals surface area (Å²) in [5, 5.41) is 12.5. The Labute approximate surface area is 97.6 Å². The Kier molecular flexibility index (Phi) is 3.09. The molecular weight excluding hydrogens is 222 g/mol. The van der Waals surface area contributed by atoms with Crippen molar-refractivity contribution in [2.45, 2.75) is 6.92 Å². The van der Waals surface area contributed by atoms with Gasteiger partial charge in [-0.05, 0) is 19.1 Å². The van der Waals surface area contributed by atoms with Gasteiger partial charge in [-0.1, -0.05) is 17.3 Å². The predicted molar refractivity (Wildman–Crippen MR) is 60.1 cm³/mol. The number of rotatable bonds is 4. The summed E-state index contributed by atoms with van der Waals surface area (Å²) in [4.78, 5) is 10.7. The summed E-state index contributed by atoms with van der Waals surface area (Å²) in [6.07, 6.45) is 0. The van der Waals surface area contributed by atoms with Crippen LogP contribution in [0.3, 0.4) is 0 Å². The first-order valence-corrected chi connectivity index (χ1v) is 5.14. The zero-order valence-corrected chi connectivity index (χ0v) is 9.21. The SMILES string of the molecule is CCOc1ccccc1-c1cc(C(=O)O)on1. The molecule has 0 saturated heterocycles. The summed E-state index contributed by atoms with van der Waals surface area (Å²) < 4.78 is 10.1. The second-order valence-corrected chi connectivity index (χ2v) is 3.31. The van der Waals surface area contributed by atoms with Gasteiger partial charge in [-0.3, -0.25) is 0 Å². The van der Waals surface area contributed by atoms with E-state index in [4.69, 9.17) is 14.4 Å². The van der Waals surface area contributed by atoms with E-state index in [1.165, 1.54) is 6.07 Å². The number of hydrogen-bond donors (Lipinski definition) is 1. The van der Waals surface area contributed by atoms with Crippen LogP contribution in [0.2, 0.25) is 0 Å². The lowest BCUT2D eigenvalue weighted by Gasteiger charge is -2.06. The third-order valence-electron chi connectivity index (χ3n) is 2.18. The lowest BCUT2D eigenvalue weighted by molar-refractivity contribution is 0.0652. The van der Waals surface area contributed by atoms with Crippen molar-refractivity contribution in [3.05, 3.63) is 36.1 Å². The summed E-state index contributed by atoms with van der Waals surface area (Å²) in [5.74, 6) is -0.677. The molecule has 0 unspecified atom stereocenters. The molecule has 2 rings (SSSR count). The fourth-order valence-corrected chi connectivity index (χ4v) is 1.46. The number of aromatic nitrogens is 1. The van der Waals surface area contributed by atoms with Gasteiger partial charge in [0.1, 0.15) is 11.4 Å². The molecule has 1 aromatic heterocycles. The fraction of sp³-hybridized carbons (Fsp3) is 0.167. The van der Waals surface area contributed by atoms with Crippen molar-refractivity contribution in [3.8, 4) is 17.0 Å². The standard InChI is InChI=1S/C12H11NO4/c1-2-16-10-6-4-3-5-8(10)9-7-11(12(14)15)17-13-9/h3-7H,2H2,1H3,(H,14,15). The average Bonchev–Trinajstić information content (AvgIpc) is 2.79. The lowest BCUT2D eigenvalue weighted by atomic mass is 10.1. The number of benzene rings is 1. The second-order valence-electron chi connectivity index (χ2n) is 3.31. The van der Waals surface area contributed by atoms with Gasteiger partial charge in [0.15, 0.2) is 0 Å². The largest absolute Gasteiger partial charge is 0.493 e. The maximum atomic E-state index is 10.7. The molecule has 0 aliphatic carbocycles. The highest BCUT2D eigenvalue weighted by Crippen LogP contribution is 2.29. The Bertz CT molecular complexity index is 533. The van der Waals surface area contributed by atoms with Crippen molar-refractivity contribution in [2.75, 3.05) is 6.61 Å². The van der Waals surface area contributed by atoms with Gasteiger partial charge < -0.3 is 14.4 Å². The first-order valence-electron chi connectivity index (χ1n) is 5.14. The predicted octanol–water partition coefficient (Wildman–Crippen LogP) is 2.44.